The Bertz CT molecular complexity index is 359. The molecule has 112 valence electrons. The quantitative estimate of drug-likeness (QED) is 0.125. The molecule has 1 amide bonds. The molecule has 0 fully saturated rings. The molecule has 0 radical (unpaired) electrons. The molecule has 0 aromatic carbocycles. The van der Waals surface area contributed by atoms with E-state index in [1.807, 2.05) is 0 Å². The average molecular weight is 295 g/mol. The lowest BCUT2D eigenvalue weighted by molar-refractivity contribution is -0.122. The van der Waals surface area contributed by atoms with E-state index >= 15 is 0 Å². The van der Waals surface area contributed by atoms with Crippen LogP contribution in [0, 0.1) is 5.41 Å². The van der Waals surface area contributed by atoms with Crippen molar-refractivity contribution in [2.45, 2.75) is 38.0 Å². The molecule has 0 rings (SSSR count). The number of amides is 1. The molecule has 9 nitrogen and oxygen atoms in total. The van der Waals surface area contributed by atoms with Gasteiger partial charge in [0.25, 0.3) is 0 Å². The van der Waals surface area contributed by atoms with Crippen molar-refractivity contribution in [3.05, 3.63) is 0 Å². The number of rotatable bonds is 8. The molecule has 0 bridgehead atoms. The average Bonchev–Trinajstić information content (AvgIpc) is 2.26. The van der Waals surface area contributed by atoms with E-state index in [4.69, 9.17) is 26.7 Å². The second kappa shape index (κ2) is 8.11. The molecule has 0 aliphatic carbocycles. The number of hydrogen-bond acceptors (Lipinski definition) is 4. The number of unbranched alkanes of at least 4 members (excludes halogenated alkanes) is 1. The van der Waals surface area contributed by atoms with Gasteiger partial charge in [-0.2, -0.15) is 0 Å². The van der Waals surface area contributed by atoms with E-state index in [1.54, 1.807) is 0 Å². The van der Waals surface area contributed by atoms with Gasteiger partial charge >= 0.3 is 7.60 Å². The van der Waals surface area contributed by atoms with Crippen LogP contribution in [0.4, 0.5) is 0 Å². The van der Waals surface area contributed by atoms with Crippen LogP contribution in [0.1, 0.15) is 26.2 Å². The van der Waals surface area contributed by atoms with Gasteiger partial charge < -0.3 is 31.9 Å². The van der Waals surface area contributed by atoms with Crippen LogP contribution in [-0.2, 0) is 9.36 Å². The minimum Gasteiger partial charge on any atom is -0.370 e. The third-order valence-corrected chi connectivity index (χ3v) is 3.59. The topological polar surface area (TPSA) is 175 Å². The highest BCUT2D eigenvalue weighted by molar-refractivity contribution is 7.52. The molecule has 0 aromatic heterocycles. The van der Waals surface area contributed by atoms with Gasteiger partial charge in [-0.25, -0.2) is 0 Å². The molecule has 0 heterocycles. The molecule has 0 saturated carbocycles. The standard InChI is InChI=1S/C9H22N5O4P/c1-6(19(16,17)18)14-8(15)7(10)4-2-3-5-13-9(11)12/h6-7H,2-5,10H2,1H3,(H,14,15)(H4,11,12,13)(H2,16,17,18)/t6-,7+/m1/s1. The van der Waals surface area contributed by atoms with Gasteiger partial charge in [-0.1, -0.05) is 0 Å². The maximum absolute atomic E-state index is 11.5. The van der Waals surface area contributed by atoms with Gasteiger partial charge in [0.15, 0.2) is 5.96 Å². The predicted molar refractivity (Wildman–Crippen MR) is 71.4 cm³/mol. The van der Waals surface area contributed by atoms with Crippen molar-refractivity contribution in [3.63, 3.8) is 0 Å². The minimum atomic E-state index is -4.33. The zero-order chi connectivity index (χ0) is 15.1. The van der Waals surface area contributed by atoms with Crippen LogP contribution in [0.2, 0.25) is 0 Å². The molecule has 19 heavy (non-hydrogen) atoms. The Hall–Kier alpha value is -1.15. The lowest BCUT2D eigenvalue weighted by atomic mass is 10.1. The second-order valence-corrected chi connectivity index (χ2v) is 6.17. The van der Waals surface area contributed by atoms with E-state index in [0.717, 1.165) is 0 Å². The largest absolute Gasteiger partial charge is 0.370 e. The molecule has 0 aliphatic heterocycles. The summed E-state index contributed by atoms with van der Waals surface area (Å²) in [5, 5.41) is 11.7. The highest BCUT2D eigenvalue weighted by atomic mass is 31.2. The van der Waals surface area contributed by atoms with Crippen LogP contribution < -0.4 is 22.1 Å². The normalized spacial score (nSPS) is 14.5. The number of guanidine groups is 1. The highest BCUT2D eigenvalue weighted by Crippen LogP contribution is 2.39. The van der Waals surface area contributed by atoms with Crippen molar-refractivity contribution in [2.75, 3.05) is 6.54 Å². The Labute approximate surface area is 111 Å². The number of hydrogen-bond donors (Lipinski definition) is 7. The van der Waals surface area contributed by atoms with Gasteiger partial charge in [-0.15, -0.1) is 0 Å². The summed E-state index contributed by atoms with van der Waals surface area (Å²) >= 11 is 0. The molecule has 9 N–H and O–H groups in total. The van der Waals surface area contributed by atoms with E-state index in [0.29, 0.717) is 25.8 Å². The van der Waals surface area contributed by atoms with E-state index in [-0.39, 0.29) is 5.96 Å². The Kier molecular flexibility index (Phi) is 7.62. The first-order valence-electron chi connectivity index (χ1n) is 5.83. The fourth-order valence-corrected chi connectivity index (χ4v) is 1.54. The Morgan fingerprint density at radius 1 is 1.42 bits per heavy atom. The van der Waals surface area contributed by atoms with Crippen LogP contribution in [0.15, 0.2) is 0 Å². The predicted octanol–water partition coefficient (Wildman–Crippen LogP) is -1.39. The van der Waals surface area contributed by atoms with E-state index in [2.05, 4.69) is 10.6 Å². The SMILES string of the molecule is C[C@H](NC(=O)[C@@H](N)CCCCNC(=N)N)P(=O)(O)O. The van der Waals surface area contributed by atoms with Gasteiger partial charge in [-0.05, 0) is 26.2 Å². The lowest BCUT2D eigenvalue weighted by Gasteiger charge is -2.18. The van der Waals surface area contributed by atoms with Crippen LogP contribution in [-0.4, -0.2) is 40.0 Å². The van der Waals surface area contributed by atoms with E-state index < -0.39 is 25.3 Å². The summed E-state index contributed by atoms with van der Waals surface area (Å²) in [5.74, 6) is -1.95. The first-order valence-corrected chi connectivity index (χ1v) is 7.51. The zero-order valence-electron chi connectivity index (χ0n) is 10.8. The number of carbonyl (C=O) groups excluding carboxylic acids is 1. The van der Waals surface area contributed by atoms with Crippen molar-refractivity contribution >= 4 is 19.5 Å². The van der Waals surface area contributed by atoms with Crippen molar-refractivity contribution in [1.29, 1.82) is 5.41 Å². The summed E-state index contributed by atoms with van der Waals surface area (Å²) in [7, 11) is -4.33. The van der Waals surface area contributed by atoms with Crippen LogP contribution in [0.25, 0.3) is 0 Å². The number of nitrogens with one attached hydrogen (secondary N) is 3. The first kappa shape index (κ1) is 17.8. The minimum absolute atomic E-state index is 0.113. The van der Waals surface area contributed by atoms with Gasteiger partial charge in [0.1, 0.15) is 5.78 Å². The molecule has 2 atom stereocenters. The molecule has 0 aliphatic rings. The van der Waals surface area contributed by atoms with Gasteiger partial charge in [0.2, 0.25) is 5.91 Å². The highest BCUT2D eigenvalue weighted by Gasteiger charge is 2.27. The van der Waals surface area contributed by atoms with Crippen molar-refractivity contribution in [1.82, 2.24) is 10.6 Å². The Morgan fingerprint density at radius 3 is 2.47 bits per heavy atom. The molecule has 0 unspecified atom stereocenters. The summed E-state index contributed by atoms with van der Waals surface area (Å²) in [6.07, 6.45) is 1.72. The van der Waals surface area contributed by atoms with Gasteiger partial charge in [0, 0.05) is 6.54 Å². The smallest absolute Gasteiger partial charge is 0.347 e. The maximum atomic E-state index is 11.5. The summed E-state index contributed by atoms with van der Waals surface area (Å²) in [5.41, 5.74) is 10.7. The molecule has 0 aromatic rings. The molecular weight excluding hydrogens is 273 g/mol. The van der Waals surface area contributed by atoms with Crippen molar-refractivity contribution in [3.8, 4) is 0 Å². The van der Waals surface area contributed by atoms with Crippen LogP contribution in [0.3, 0.4) is 0 Å². The Balaban J connectivity index is 3.89. The summed E-state index contributed by atoms with van der Waals surface area (Å²) in [6.45, 7) is 1.74. The maximum Gasteiger partial charge on any atom is 0.347 e. The molecule has 0 spiro atoms. The molecule has 10 heteroatoms. The fraction of sp³-hybridized carbons (Fsp3) is 0.778. The summed E-state index contributed by atoms with van der Waals surface area (Å²) in [6, 6.07) is -0.814. The summed E-state index contributed by atoms with van der Waals surface area (Å²) in [4.78, 5) is 29.2. The number of nitrogens with two attached hydrogens (primary N) is 2. The third kappa shape index (κ3) is 8.55. The van der Waals surface area contributed by atoms with Gasteiger partial charge in [-0.3, -0.25) is 14.8 Å². The zero-order valence-corrected chi connectivity index (χ0v) is 11.7. The van der Waals surface area contributed by atoms with Gasteiger partial charge in [0.05, 0.1) is 6.04 Å². The monoisotopic (exact) mass is 295 g/mol. The first-order chi connectivity index (χ1) is 8.64. The lowest BCUT2D eigenvalue weighted by Crippen LogP contribution is -2.44. The van der Waals surface area contributed by atoms with Crippen molar-refractivity contribution < 1.29 is 19.1 Å². The van der Waals surface area contributed by atoms with E-state index in [1.165, 1.54) is 6.92 Å². The summed E-state index contributed by atoms with van der Waals surface area (Å²) < 4.78 is 10.9. The fourth-order valence-electron chi connectivity index (χ4n) is 1.24. The number of carbonyl (C=O) groups is 1. The second-order valence-electron chi connectivity index (χ2n) is 4.22. The molecule has 0 saturated heterocycles. The van der Waals surface area contributed by atoms with Crippen LogP contribution >= 0.6 is 7.60 Å². The van der Waals surface area contributed by atoms with Crippen molar-refractivity contribution in [2.24, 2.45) is 11.5 Å². The molecular formula is C9H22N5O4P. The Morgan fingerprint density at radius 2 is 2.00 bits per heavy atom. The van der Waals surface area contributed by atoms with E-state index in [9.17, 15) is 9.36 Å². The third-order valence-electron chi connectivity index (χ3n) is 2.45. The van der Waals surface area contributed by atoms with Crippen LogP contribution in [0.5, 0.6) is 0 Å².